The highest BCUT2D eigenvalue weighted by molar-refractivity contribution is 5.84. The minimum atomic E-state index is 0.438. The molecule has 1 aromatic carbocycles. The largest absolute Gasteiger partial charge is 0.350 e. The van der Waals surface area contributed by atoms with E-state index in [1.165, 1.54) is 22.0 Å². The van der Waals surface area contributed by atoms with Gasteiger partial charge in [-0.15, -0.1) is 0 Å². The number of rotatable bonds is 2. The molecular formula is C13H18N2. The second-order valence-electron chi connectivity index (χ2n) is 4.34. The Bertz CT molecular complexity index is 482. The molecule has 1 unspecified atom stereocenters. The maximum atomic E-state index is 5.70. The summed E-state index contributed by atoms with van der Waals surface area (Å²) in [6.07, 6.45) is 2.11. The van der Waals surface area contributed by atoms with E-state index in [-0.39, 0.29) is 0 Å². The Kier molecular flexibility index (Phi) is 2.53. The van der Waals surface area contributed by atoms with Gasteiger partial charge in [-0.3, -0.25) is 0 Å². The average Bonchev–Trinajstić information content (AvgIpc) is 2.59. The van der Waals surface area contributed by atoms with Crippen LogP contribution in [0.15, 0.2) is 24.4 Å². The van der Waals surface area contributed by atoms with Crippen molar-refractivity contribution in [3.8, 4) is 0 Å². The molecule has 1 heterocycles. The maximum Gasteiger partial charge on any atom is 0.0507 e. The van der Waals surface area contributed by atoms with Crippen molar-refractivity contribution in [2.75, 3.05) is 6.54 Å². The summed E-state index contributed by atoms with van der Waals surface area (Å²) in [6, 6.07) is 6.66. The van der Waals surface area contributed by atoms with Crippen molar-refractivity contribution >= 4 is 10.9 Å². The first-order chi connectivity index (χ1) is 7.13. The van der Waals surface area contributed by atoms with Crippen LogP contribution in [-0.4, -0.2) is 11.1 Å². The number of benzene rings is 1. The second-order valence-corrected chi connectivity index (χ2v) is 4.34. The van der Waals surface area contributed by atoms with Gasteiger partial charge >= 0.3 is 0 Å². The maximum absolute atomic E-state index is 5.70. The van der Waals surface area contributed by atoms with Gasteiger partial charge in [-0.05, 0) is 42.6 Å². The molecule has 0 fully saturated rings. The van der Waals surface area contributed by atoms with Crippen LogP contribution in [-0.2, 0) is 7.05 Å². The van der Waals surface area contributed by atoms with Crippen molar-refractivity contribution in [1.29, 1.82) is 0 Å². The molecule has 0 saturated carbocycles. The Hall–Kier alpha value is -1.28. The van der Waals surface area contributed by atoms with Gasteiger partial charge in [0.2, 0.25) is 0 Å². The van der Waals surface area contributed by atoms with E-state index in [0.29, 0.717) is 12.5 Å². The molecule has 0 aliphatic rings. The van der Waals surface area contributed by atoms with Crippen LogP contribution in [0.25, 0.3) is 10.9 Å². The Balaban J connectivity index is 2.63. The number of fused-ring (bicyclic) bond motifs is 1. The molecule has 0 bridgehead atoms. The monoisotopic (exact) mass is 202 g/mol. The standard InChI is InChI=1S/C13H18N2/c1-9-6-12(10(2)8-14)7-11-4-5-15(3)13(9)11/h4-7,10H,8,14H2,1-3H3. The lowest BCUT2D eigenvalue weighted by atomic mass is 9.97. The molecule has 0 aliphatic carbocycles. The van der Waals surface area contributed by atoms with Crippen molar-refractivity contribution in [1.82, 2.24) is 4.57 Å². The summed E-state index contributed by atoms with van der Waals surface area (Å²) >= 11 is 0. The lowest BCUT2D eigenvalue weighted by molar-refractivity contribution is 0.774. The number of aryl methyl sites for hydroxylation is 2. The van der Waals surface area contributed by atoms with Gasteiger partial charge in [0, 0.05) is 18.6 Å². The predicted octanol–water partition coefficient (Wildman–Crippen LogP) is 2.55. The van der Waals surface area contributed by atoms with E-state index in [1.54, 1.807) is 0 Å². The number of aromatic nitrogens is 1. The lowest BCUT2D eigenvalue weighted by Crippen LogP contribution is -2.09. The number of hydrogen-bond donors (Lipinski definition) is 1. The fourth-order valence-electron chi connectivity index (χ4n) is 2.13. The van der Waals surface area contributed by atoms with Gasteiger partial charge in [-0.25, -0.2) is 0 Å². The molecule has 2 rings (SSSR count). The van der Waals surface area contributed by atoms with E-state index < -0.39 is 0 Å². The van der Waals surface area contributed by atoms with E-state index in [2.05, 4.69) is 49.9 Å². The third-order valence-electron chi connectivity index (χ3n) is 3.11. The van der Waals surface area contributed by atoms with Crippen LogP contribution in [0.4, 0.5) is 0 Å². The van der Waals surface area contributed by atoms with E-state index in [4.69, 9.17) is 5.73 Å². The minimum absolute atomic E-state index is 0.438. The van der Waals surface area contributed by atoms with Gasteiger partial charge < -0.3 is 10.3 Å². The topological polar surface area (TPSA) is 30.9 Å². The van der Waals surface area contributed by atoms with Crippen molar-refractivity contribution < 1.29 is 0 Å². The summed E-state index contributed by atoms with van der Waals surface area (Å²) in [4.78, 5) is 0. The molecular weight excluding hydrogens is 184 g/mol. The first kappa shape index (κ1) is 10.2. The molecule has 0 aliphatic heterocycles. The minimum Gasteiger partial charge on any atom is -0.350 e. The van der Waals surface area contributed by atoms with Gasteiger partial charge in [-0.1, -0.05) is 13.0 Å². The molecule has 2 aromatic rings. The zero-order valence-electron chi connectivity index (χ0n) is 9.62. The molecule has 0 saturated heterocycles. The summed E-state index contributed by atoms with van der Waals surface area (Å²) < 4.78 is 2.17. The normalized spacial score (nSPS) is 13.3. The van der Waals surface area contributed by atoms with E-state index >= 15 is 0 Å². The number of hydrogen-bond acceptors (Lipinski definition) is 1. The summed E-state index contributed by atoms with van der Waals surface area (Å²) in [5, 5.41) is 1.31. The first-order valence-electron chi connectivity index (χ1n) is 5.39. The number of nitrogens with two attached hydrogens (primary N) is 1. The van der Waals surface area contributed by atoms with Gasteiger partial charge in [0.25, 0.3) is 0 Å². The lowest BCUT2D eigenvalue weighted by Gasteiger charge is -2.11. The van der Waals surface area contributed by atoms with Crippen LogP contribution in [0.3, 0.4) is 0 Å². The second kappa shape index (κ2) is 3.70. The van der Waals surface area contributed by atoms with E-state index in [0.717, 1.165) is 0 Å². The van der Waals surface area contributed by atoms with Crippen molar-refractivity contribution in [3.05, 3.63) is 35.5 Å². The van der Waals surface area contributed by atoms with Crippen LogP contribution >= 0.6 is 0 Å². The smallest absolute Gasteiger partial charge is 0.0507 e. The van der Waals surface area contributed by atoms with Crippen LogP contribution in [0.1, 0.15) is 24.0 Å². The molecule has 0 amide bonds. The third kappa shape index (κ3) is 1.65. The molecule has 0 spiro atoms. The van der Waals surface area contributed by atoms with Gasteiger partial charge in [0.1, 0.15) is 0 Å². The molecule has 1 aromatic heterocycles. The summed E-state index contributed by atoms with van der Waals surface area (Å²) in [5.74, 6) is 0.438. The van der Waals surface area contributed by atoms with Crippen LogP contribution in [0.2, 0.25) is 0 Å². The summed E-state index contributed by atoms with van der Waals surface area (Å²) in [5.41, 5.74) is 9.69. The Morgan fingerprint density at radius 3 is 2.80 bits per heavy atom. The highest BCUT2D eigenvalue weighted by Gasteiger charge is 2.08. The fraction of sp³-hybridized carbons (Fsp3) is 0.385. The highest BCUT2D eigenvalue weighted by Crippen LogP contribution is 2.25. The predicted molar refractivity (Wildman–Crippen MR) is 65.1 cm³/mol. The molecule has 0 radical (unpaired) electrons. The molecule has 1 atom stereocenters. The van der Waals surface area contributed by atoms with Crippen molar-refractivity contribution in [2.24, 2.45) is 12.8 Å². The van der Waals surface area contributed by atoms with Crippen molar-refractivity contribution in [2.45, 2.75) is 19.8 Å². The van der Waals surface area contributed by atoms with Crippen LogP contribution < -0.4 is 5.73 Å². The summed E-state index contributed by atoms with van der Waals surface area (Å²) in [6.45, 7) is 5.04. The molecule has 2 N–H and O–H groups in total. The van der Waals surface area contributed by atoms with Gasteiger partial charge in [0.05, 0.1) is 5.52 Å². The van der Waals surface area contributed by atoms with E-state index in [1.807, 2.05) is 0 Å². The molecule has 80 valence electrons. The zero-order valence-corrected chi connectivity index (χ0v) is 9.62. The first-order valence-corrected chi connectivity index (χ1v) is 5.39. The number of nitrogens with zero attached hydrogens (tertiary/aromatic N) is 1. The fourth-order valence-corrected chi connectivity index (χ4v) is 2.13. The summed E-state index contributed by atoms with van der Waals surface area (Å²) in [7, 11) is 2.08. The Morgan fingerprint density at radius 1 is 1.40 bits per heavy atom. The Labute approximate surface area is 90.7 Å². The Morgan fingerprint density at radius 2 is 2.13 bits per heavy atom. The molecule has 2 nitrogen and oxygen atoms in total. The van der Waals surface area contributed by atoms with Gasteiger partial charge in [-0.2, -0.15) is 0 Å². The van der Waals surface area contributed by atoms with Crippen molar-refractivity contribution in [3.63, 3.8) is 0 Å². The zero-order chi connectivity index (χ0) is 11.0. The van der Waals surface area contributed by atoms with Crippen LogP contribution in [0.5, 0.6) is 0 Å². The van der Waals surface area contributed by atoms with E-state index in [9.17, 15) is 0 Å². The van der Waals surface area contributed by atoms with Crippen LogP contribution in [0, 0.1) is 6.92 Å². The quantitative estimate of drug-likeness (QED) is 0.797. The van der Waals surface area contributed by atoms with Gasteiger partial charge in [0.15, 0.2) is 0 Å². The molecule has 15 heavy (non-hydrogen) atoms. The highest BCUT2D eigenvalue weighted by atomic mass is 14.9. The SMILES string of the molecule is Cc1cc(C(C)CN)cc2ccn(C)c12. The third-order valence-corrected chi connectivity index (χ3v) is 3.11. The average molecular weight is 202 g/mol. The molecule has 2 heteroatoms.